The van der Waals surface area contributed by atoms with Gasteiger partial charge < -0.3 is 15.1 Å². The van der Waals surface area contributed by atoms with Crippen LogP contribution in [0.2, 0.25) is 0 Å². The zero-order chi connectivity index (χ0) is 12.0. The molecule has 86 valence electrons. The number of oxime groups is 1. The maximum Gasteiger partial charge on any atom is 0.358 e. The number of aliphatic carboxylic acids is 1. The van der Waals surface area contributed by atoms with E-state index >= 15 is 0 Å². The summed E-state index contributed by atoms with van der Waals surface area (Å²) in [4.78, 5) is 10.7. The van der Waals surface area contributed by atoms with Crippen LogP contribution in [-0.4, -0.2) is 28.6 Å². The van der Waals surface area contributed by atoms with E-state index in [-0.39, 0.29) is 5.71 Å². The molecule has 2 N–H and O–H groups in total. The normalized spacial score (nSPS) is 11.2. The third-order valence-corrected chi connectivity index (χ3v) is 1.90. The largest absolute Gasteiger partial charge is 0.494 e. The van der Waals surface area contributed by atoms with Gasteiger partial charge in [0, 0.05) is 5.56 Å². The van der Waals surface area contributed by atoms with Crippen molar-refractivity contribution in [2.24, 2.45) is 5.16 Å². The van der Waals surface area contributed by atoms with Gasteiger partial charge in [0.15, 0.2) is 5.71 Å². The molecular formula is C11H13NO4. The Morgan fingerprint density at radius 3 is 2.44 bits per heavy atom. The standard InChI is InChI=1S/C11H13NO4/c1-2-7-16-9-5-3-8(4-6-9)10(12-15)11(13)14/h3-6,15H,2,7H2,1H3,(H,13,14). The van der Waals surface area contributed by atoms with Gasteiger partial charge in [-0.3, -0.25) is 0 Å². The lowest BCUT2D eigenvalue weighted by molar-refractivity contribution is -0.129. The summed E-state index contributed by atoms with van der Waals surface area (Å²) < 4.78 is 5.33. The molecule has 0 aliphatic carbocycles. The Kier molecular flexibility index (Phi) is 4.32. The van der Waals surface area contributed by atoms with Crippen molar-refractivity contribution >= 4 is 11.7 Å². The van der Waals surface area contributed by atoms with E-state index in [4.69, 9.17) is 15.1 Å². The lowest BCUT2D eigenvalue weighted by atomic mass is 10.1. The number of ether oxygens (including phenoxy) is 1. The molecule has 0 saturated carbocycles. The summed E-state index contributed by atoms with van der Waals surface area (Å²) in [5.41, 5.74) is -0.0547. The van der Waals surface area contributed by atoms with Gasteiger partial charge in [0.25, 0.3) is 0 Å². The second-order valence-corrected chi connectivity index (χ2v) is 3.13. The van der Waals surface area contributed by atoms with Crippen LogP contribution in [0.3, 0.4) is 0 Å². The fourth-order valence-corrected chi connectivity index (χ4v) is 1.15. The molecule has 0 fully saturated rings. The molecule has 16 heavy (non-hydrogen) atoms. The number of carboxylic acid groups (broad SMARTS) is 1. The van der Waals surface area contributed by atoms with Crippen LogP contribution in [0, 0.1) is 0 Å². The summed E-state index contributed by atoms with van der Waals surface area (Å²) in [7, 11) is 0. The van der Waals surface area contributed by atoms with E-state index in [1.807, 2.05) is 6.92 Å². The smallest absolute Gasteiger partial charge is 0.358 e. The average molecular weight is 223 g/mol. The molecule has 1 rings (SSSR count). The van der Waals surface area contributed by atoms with E-state index in [9.17, 15) is 4.79 Å². The number of nitrogens with zero attached hydrogens (tertiary/aromatic N) is 1. The van der Waals surface area contributed by atoms with Crippen molar-refractivity contribution < 1.29 is 19.8 Å². The highest BCUT2D eigenvalue weighted by Crippen LogP contribution is 2.13. The van der Waals surface area contributed by atoms with Gasteiger partial charge in [0.2, 0.25) is 0 Å². The highest BCUT2D eigenvalue weighted by molar-refractivity contribution is 6.42. The van der Waals surface area contributed by atoms with Gasteiger partial charge in [-0.2, -0.15) is 0 Å². The minimum atomic E-state index is -1.27. The molecule has 0 bridgehead atoms. The van der Waals surface area contributed by atoms with Crippen molar-refractivity contribution in [3.8, 4) is 5.75 Å². The van der Waals surface area contributed by atoms with E-state index < -0.39 is 5.97 Å². The van der Waals surface area contributed by atoms with Crippen molar-refractivity contribution in [1.29, 1.82) is 0 Å². The molecule has 0 saturated heterocycles. The monoisotopic (exact) mass is 223 g/mol. The first kappa shape index (κ1) is 12.0. The first-order valence-corrected chi connectivity index (χ1v) is 4.87. The second kappa shape index (κ2) is 5.75. The Morgan fingerprint density at radius 1 is 1.38 bits per heavy atom. The Morgan fingerprint density at radius 2 is 2.00 bits per heavy atom. The Hall–Kier alpha value is -2.04. The first-order valence-electron chi connectivity index (χ1n) is 4.87. The van der Waals surface area contributed by atoms with E-state index in [1.165, 1.54) is 12.1 Å². The summed E-state index contributed by atoms with van der Waals surface area (Å²) in [6, 6.07) is 6.35. The molecule has 0 aliphatic heterocycles. The van der Waals surface area contributed by atoms with Gasteiger partial charge >= 0.3 is 5.97 Å². The van der Waals surface area contributed by atoms with E-state index in [0.717, 1.165) is 6.42 Å². The lowest BCUT2D eigenvalue weighted by Crippen LogP contribution is -2.14. The number of hydrogen-bond acceptors (Lipinski definition) is 4. The molecule has 5 heteroatoms. The zero-order valence-corrected chi connectivity index (χ0v) is 8.88. The summed E-state index contributed by atoms with van der Waals surface area (Å²) in [6.45, 7) is 2.61. The van der Waals surface area contributed by atoms with Crippen molar-refractivity contribution in [2.75, 3.05) is 6.61 Å². The van der Waals surface area contributed by atoms with Gasteiger partial charge in [0.05, 0.1) is 6.61 Å². The van der Waals surface area contributed by atoms with Gasteiger partial charge in [-0.1, -0.05) is 12.1 Å². The molecule has 0 heterocycles. The van der Waals surface area contributed by atoms with Crippen molar-refractivity contribution in [3.63, 3.8) is 0 Å². The fraction of sp³-hybridized carbons (Fsp3) is 0.273. The van der Waals surface area contributed by atoms with Crippen LogP contribution in [-0.2, 0) is 4.79 Å². The first-order chi connectivity index (χ1) is 7.69. The topological polar surface area (TPSA) is 79.1 Å². The molecule has 0 spiro atoms. The summed E-state index contributed by atoms with van der Waals surface area (Å²) in [5, 5.41) is 20.0. The number of rotatable bonds is 5. The van der Waals surface area contributed by atoms with Gasteiger partial charge in [-0.25, -0.2) is 4.79 Å². The van der Waals surface area contributed by atoms with E-state index in [1.54, 1.807) is 12.1 Å². The quantitative estimate of drug-likeness (QED) is 0.452. The third kappa shape index (κ3) is 2.98. The fourth-order valence-electron chi connectivity index (χ4n) is 1.15. The predicted octanol–water partition coefficient (Wildman–Crippen LogP) is 1.74. The van der Waals surface area contributed by atoms with Gasteiger partial charge in [-0.15, -0.1) is 0 Å². The molecule has 0 atom stereocenters. The number of hydrogen-bond donors (Lipinski definition) is 2. The molecule has 5 nitrogen and oxygen atoms in total. The van der Waals surface area contributed by atoms with Crippen LogP contribution in [0.25, 0.3) is 0 Å². The summed E-state index contributed by atoms with van der Waals surface area (Å²) in [6.07, 6.45) is 0.903. The van der Waals surface area contributed by atoms with Crippen LogP contribution in [0.5, 0.6) is 5.75 Å². The number of carboxylic acids is 1. The Labute approximate surface area is 93.0 Å². The molecule has 0 unspecified atom stereocenters. The summed E-state index contributed by atoms with van der Waals surface area (Å²) >= 11 is 0. The van der Waals surface area contributed by atoms with Crippen LogP contribution in [0.4, 0.5) is 0 Å². The van der Waals surface area contributed by atoms with Gasteiger partial charge in [0.1, 0.15) is 5.75 Å². The average Bonchev–Trinajstić information content (AvgIpc) is 2.28. The molecule has 1 aromatic carbocycles. The highest BCUT2D eigenvalue weighted by atomic mass is 16.5. The molecule has 1 aromatic rings. The SMILES string of the molecule is CCCOc1ccc(C(=NO)C(=O)O)cc1. The zero-order valence-electron chi connectivity index (χ0n) is 8.88. The maximum atomic E-state index is 10.7. The van der Waals surface area contributed by atoms with Crippen LogP contribution in [0.15, 0.2) is 29.4 Å². The van der Waals surface area contributed by atoms with Crippen LogP contribution < -0.4 is 4.74 Å². The minimum Gasteiger partial charge on any atom is -0.494 e. The van der Waals surface area contributed by atoms with Crippen LogP contribution in [0.1, 0.15) is 18.9 Å². The van der Waals surface area contributed by atoms with Crippen molar-refractivity contribution in [3.05, 3.63) is 29.8 Å². The number of benzene rings is 1. The summed E-state index contributed by atoms with van der Waals surface area (Å²) in [5.74, 6) is -0.613. The number of carbonyl (C=O) groups is 1. The molecule has 0 aromatic heterocycles. The lowest BCUT2D eigenvalue weighted by Gasteiger charge is -2.05. The molecule has 0 aliphatic rings. The minimum absolute atomic E-state index is 0.332. The molecule has 0 amide bonds. The Balaban J connectivity index is 2.82. The van der Waals surface area contributed by atoms with E-state index in [0.29, 0.717) is 17.9 Å². The molecule has 0 radical (unpaired) electrons. The second-order valence-electron chi connectivity index (χ2n) is 3.13. The van der Waals surface area contributed by atoms with Crippen molar-refractivity contribution in [2.45, 2.75) is 13.3 Å². The van der Waals surface area contributed by atoms with Gasteiger partial charge in [-0.05, 0) is 30.7 Å². The van der Waals surface area contributed by atoms with Crippen LogP contribution >= 0.6 is 0 Å². The van der Waals surface area contributed by atoms with E-state index in [2.05, 4.69) is 5.16 Å². The molecular weight excluding hydrogens is 210 g/mol. The Bertz CT molecular complexity index is 383. The maximum absolute atomic E-state index is 10.7. The van der Waals surface area contributed by atoms with Crippen molar-refractivity contribution in [1.82, 2.24) is 0 Å². The highest BCUT2D eigenvalue weighted by Gasteiger charge is 2.12. The third-order valence-electron chi connectivity index (χ3n) is 1.90. The predicted molar refractivity (Wildman–Crippen MR) is 58.2 cm³/mol.